The van der Waals surface area contributed by atoms with Gasteiger partial charge >= 0.3 is 5.97 Å². The van der Waals surface area contributed by atoms with Gasteiger partial charge in [-0.05, 0) is 61.4 Å². The number of aromatic nitrogens is 1. The van der Waals surface area contributed by atoms with Gasteiger partial charge in [-0.2, -0.15) is 5.10 Å². The molecule has 2 amide bonds. The predicted octanol–water partition coefficient (Wildman–Crippen LogP) is 3.48. The van der Waals surface area contributed by atoms with Crippen molar-refractivity contribution in [2.24, 2.45) is 16.2 Å². The van der Waals surface area contributed by atoms with Crippen molar-refractivity contribution in [2.75, 3.05) is 5.32 Å². The van der Waals surface area contributed by atoms with E-state index in [1.807, 2.05) is 13.0 Å². The molecular weight excluding hydrogens is 598 g/mol. The molecule has 0 saturated heterocycles. The molecule has 0 spiro atoms. The summed E-state index contributed by atoms with van der Waals surface area (Å²) in [5.41, 5.74) is 4.08. The van der Waals surface area contributed by atoms with E-state index in [4.69, 9.17) is 9.88 Å². The van der Waals surface area contributed by atoms with Gasteiger partial charge in [0.1, 0.15) is 17.7 Å². The van der Waals surface area contributed by atoms with Crippen molar-refractivity contribution in [2.45, 2.75) is 24.8 Å². The third-order valence-electron chi connectivity index (χ3n) is 7.37. The second-order valence-electron chi connectivity index (χ2n) is 10.2. The fourth-order valence-corrected chi connectivity index (χ4v) is 5.67. The number of Topliss-reactive ketones (excluding diaryl/α,β-unsaturated/α-hetero) is 1. The highest BCUT2D eigenvalue weighted by atomic mass is 32.2. The number of anilines is 1. The normalized spacial score (nSPS) is 15.0. The Morgan fingerprint density at radius 1 is 0.933 bits per heavy atom. The van der Waals surface area contributed by atoms with Gasteiger partial charge in [-0.3, -0.25) is 19.4 Å². The monoisotopic (exact) mass is 625 g/mol. The van der Waals surface area contributed by atoms with Crippen LogP contribution in [-0.4, -0.2) is 42.7 Å². The van der Waals surface area contributed by atoms with Crippen LogP contribution in [0.5, 0.6) is 0 Å². The molecule has 1 aliphatic heterocycles. The number of hydrazone groups is 1. The lowest BCUT2D eigenvalue weighted by atomic mass is 9.84. The number of aryl methyl sites for hydroxylation is 1. The summed E-state index contributed by atoms with van der Waals surface area (Å²) < 4.78 is 30.0. The molecule has 1 aliphatic rings. The first-order valence-corrected chi connectivity index (χ1v) is 15.1. The van der Waals surface area contributed by atoms with Crippen molar-refractivity contribution < 1.29 is 32.3 Å². The zero-order chi connectivity index (χ0) is 32.3. The van der Waals surface area contributed by atoms with Crippen molar-refractivity contribution in [3.05, 3.63) is 125 Å². The fraction of sp³-hybridized carbons (Fsp3) is 0.125. The first kappa shape index (κ1) is 30.9. The van der Waals surface area contributed by atoms with Gasteiger partial charge in [0.05, 0.1) is 16.0 Å². The van der Waals surface area contributed by atoms with E-state index in [-0.39, 0.29) is 16.7 Å². The number of primary sulfonamides is 1. The summed E-state index contributed by atoms with van der Waals surface area (Å²) >= 11 is 0. The van der Waals surface area contributed by atoms with E-state index < -0.39 is 56.2 Å². The Balaban J connectivity index is 1.66. The van der Waals surface area contributed by atoms with Crippen molar-refractivity contribution in [3.63, 3.8) is 0 Å². The van der Waals surface area contributed by atoms with Gasteiger partial charge in [-0.1, -0.05) is 42.5 Å². The molecule has 45 heavy (non-hydrogen) atoms. The van der Waals surface area contributed by atoms with Gasteiger partial charge in [0.2, 0.25) is 10.0 Å². The molecule has 13 heteroatoms. The van der Waals surface area contributed by atoms with Crippen LogP contribution in [0.2, 0.25) is 0 Å². The lowest BCUT2D eigenvalue weighted by Crippen LogP contribution is -2.40. The number of cyclic esters (lactones) is 1. The van der Waals surface area contributed by atoms with E-state index in [2.05, 4.69) is 20.8 Å². The molecule has 2 heterocycles. The van der Waals surface area contributed by atoms with E-state index in [1.54, 1.807) is 37.3 Å². The van der Waals surface area contributed by atoms with E-state index >= 15 is 0 Å². The fourth-order valence-electron chi connectivity index (χ4n) is 4.93. The van der Waals surface area contributed by atoms with Crippen LogP contribution in [0.25, 0.3) is 0 Å². The van der Waals surface area contributed by atoms with Gasteiger partial charge in [0.25, 0.3) is 11.8 Å². The van der Waals surface area contributed by atoms with E-state index in [0.717, 1.165) is 17.2 Å². The topological polar surface area (TPSA) is 187 Å². The smallest absolute Gasteiger partial charge is 0.339 e. The van der Waals surface area contributed by atoms with Crippen LogP contribution in [0.1, 0.15) is 53.9 Å². The van der Waals surface area contributed by atoms with Gasteiger partial charge in [0, 0.05) is 29.2 Å². The second-order valence-corrected chi connectivity index (χ2v) is 11.7. The summed E-state index contributed by atoms with van der Waals surface area (Å²) in [7, 11) is -4.31. The number of pyridine rings is 1. The zero-order valence-corrected chi connectivity index (χ0v) is 24.9. The Morgan fingerprint density at radius 3 is 2.36 bits per heavy atom. The highest BCUT2D eigenvalue weighted by molar-refractivity contribution is 7.89. The van der Waals surface area contributed by atoms with Crippen LogP contribution in [0.3, 0.4) is 0 Å². The Hall–Kier alpha value is -5.53. The Kier molecular flexibility index (Phi) is 8.66. The highest BCUT2D eigenvalue weighted by Gasteiger charge is 2.45. The molecule has 1 aromatic heterocycles. The Bertz CT molecular complexity index is 1980. The number of hydrogen-bond acceptors (Lipinski definition) is 9. The summed E-state index contributed by atoms with van der Waals surface area (Å²) in [6.45, 7) is 3.65. The predicted molar refractivity (Wildman–Crippen MR) is 164 cm³/mol. The second kappa shape index (κ2) is 12.6. The molecule has 0 unspecified atom stereocenters. The highest BCUT2D eigenvalue weighted by Crippen LogP contribution is 2.38. The molecule has 0 saturated carbocycles. The van der Waals surface area contributed by atoms with Crippen LogP contribution in [0.15, 0.2) is 101 Å². The number of carbonyl (C=O) groups is 4. The van der Waals surface area contributed by atoms with E-state index in [0.29, 0.717) is 11.3 Å². The molecule has 0 bridgehead atoms. The lowest BCUT2D eigenvalue weighted by Gasteiger charge is -2.24. The molecule has 3 aromatic carbocycles. The van der Waals surface area contributed by atoms with Crippen molar-refractivity contribution in [1.82, 2.24) is 10.4 Å². The average molecular weight is 626 g/mol. The number of rotatable bonds is 9. The minimum absolute atomic E-state index is 0.133. The molecule has 228 valence electrons. The summed E-state index contributed by atoms with van der Waals surface area (Å²) in [5, 5.41) is 12.2. The maximum Gasteiger partial charge on any atom is 0.339 e. The number of esters is 1. The van der Waals surface area contributed by atoms with Crippen molar-refractivity contribution in [3.8, 4) is 0 Å². The number of benzene rings is 3. The number of nitrogens with one attached hydrogen (secondary N) is 2. The zero-order valence-electron chi connectivity index (χ0n) is 24.1. The average Bonchev–Trinajstić information content (AvgIpc) is 3.36. The standard InChI is InChI=1S/C32H27N5O7S/c1-18-8-7-12-24(19(18)2)35-31(40)27(36-37-30(39)23-11-5-6-13-25(23)45(33,42)43)26(28(38)20-14-16-34-17-15-20)29-21-9-3-4-10-22(21)32(41)44-29/h3-17,26,29H,1-2H3,(H,35,40)(H,37,39)(H2,33,42,43)/b36-27+/t26-,29+/m0/s1. The van der Waals surface area contributed by atoms with Crippen molar-refractivity contribution in [1.29, 1.82) is 0 Å². The van der Waals surface area contributed by atoms with Gasteiger partial charge in [0.15, 0.2) is 5.78 Å². The lowest BCUT2D eigenvalue weighted by molar-refractivity contribution is -0.110. The van der Waals surface area contributed by atoms with Gasteiger partial charge in [-0.25, -0.2) is 23.8 Å². The molecule has 4 N–H and O–H groups in total. The van der Waals surface area contributed by atoms with Crippen molar-refractivity contribution >= 4 is 45.0 Å². The number of amides is 2. The minimum atomic E-state index is -4.31. The molecule has 0 radical (unpaired) electrons. The van der Waals surface area contributed by atoms with Crippen LogP contribution in [0.4, 0.5) is 5.69 Å². The molecule has 5 rings (SSSR count). The third-order valence-corrected chi connectivity index (χ3v) is 8.34. The number of carbonyl (C=O) groups excluding carboxylic acids is 4. The number of ether oxygens (including phenoxy) is 1. The number of nitrogens with zero attached hydrogens (tertiary/aromatic N) is 2. The van der Waals surface area contributed by atoms with Crippen LogP contribution in [-0.2, 0) is 19.6 Å². The van der Waals surface area contributed by atoms with Gasteiger partial charge in [-0.15, -0.1) is 0 Å². The molecule has 0 fully saturated rings. The van der Waals surface area contributed by atoms with Crippen LogP contribution < -0.4 is 15.9 Å². The number of nitrogens with two attached hydrogens (primary N) is 1. The number of ketones is 1. The molecule has 12 nitrogen and oxygen atoms in total. The SMILES string of the molecule is Cc1cccc(NC(=O)/C(=N/NC(=O)c2ccccc2S(N)(=O)=O)[C@@H](C(=O)c2ccncc2)[C@@H]2OC(=O)c3ccccc32)c1C. The first-order chi connectivity index (χ1) is 21.5. The van der Waals surface area contributed by atoms with E-state index in [9.17, 15) is 27.6 Å². The maximum absolute atomic E-state index is 14.2. The maximum atomic E-state index is 14.2. The largest absolute Gasteiger partial charge is 0.453 e. The Labute approximate surface area is 258 Å². The Morgan fingerprint density at radius 2 is 1.62 bits per heavy atom. The summed E-state index contributed by atoms with van der Waals surface area (Å²) in [5.74, 6) is -4.81. The number of hydrogen-bond donors (Lipinski definition) is 3. The molecular formula is C32H27N5O7S. The summed E-state index contributed by atoms with van der Waals surface area (Å²) in [6, 6.07) is 19.7. The van der Waals surface area contributed by atoms with Gasteiger partial charge < -0.3 is 10.1 Å². The molecule has 4 aromatic rings. The summed E-state index contributed by atoms with van der Waals surface area (Å²) in [4.78, 5) is 57.9. The first-order valence-electron chi connectivity index (χ1n) is 13.6. The molecule has 0 aliphatic carbocycles. The minimum Gasteiger partial charge on any atom is -0.453 e. The van der Waals surface area contributed by atoms with E-state index in [1.165, 1.54) is 48.8 Å². The molecule has 2 atom stereocenters. The van der Waals surface area contributed by atoms with Crippen LogP contribution >= 0.6 is 0 Å². The third kappa shape index (κ3) is 6.39. The quantitative estimate of drug-likeness (QED) is 0.109. The summed E-state index contributed by atoms with van der Waals surface area (Å²) in [6.07, 6.45) is 1.47. The number of sulfonamides is 1. The number of fused-ring (bicyclic) bond motifs is 1. The van der Waals surface area contributed by atoms with Crippen LogP contribution in [0, 0.1) is 19.8 Å².